The molecule has 0 saturated carbocycles. The van der Waals surface area contributed by atoms with Crippen molar-refractivity contribution in [3.05, 3.63) is 55.0 Å². The van der Waals surface area contributed by atoms with Gasteiger partial charge < -0.3 is 20.1 Å². The van der Waals surface area contributed by atoms with Crippen LogP contribution in [0.15, 0.2) is 34.8 Å². The zero-order valence-electron chi connectivity index (χ0n) is 15.8. The maximum absolute atomic E-state index is 12.6. The molecule has 0 unspecified atom stereocenters. The van der Waals surface area contributed by atoms with E-state index in [0.29, 0.717) is 4.88 Å². The Kier molecular flexibility index (Phi) is 5.68. The van der Waals surface area contributed by atoms with Gasteiger partial charge >= 0.3 is 18.0 Å². The smallest absolute Gasteiger partial charge is 0.348 e. The van der Waals surface area contributed by atoms with Crippen LogP contribution in [0, 0.1) is 0 Å². The number of esters is 2. The number of nitrogens with one attached hydrogen (secondary N) is 2. The summed E-state index contributed by atoms with van der Waals surface area (Å²) in [6.45, 7) is 1.69. The molecule has 4 rings (SSSR count). The van der Waals surface area contributed by atoms with Crippen molar-refractivity contribution in [2.24, 2.45) is 0 Å². The molecule has 2 aliphatic rings. The molecule has 0 saturated heterocycles. The van der Waals surface area contributed by atoms with Crippen LogP contribution in [-0.4, -0.2) is 31.2 Å². The van der Waals surface area contributed by atoms with Crippen LogP contribution in [0.25, 0.3) is 0 Å². The van der Waals surface area contributed by atoms with Crippen LogP contribution in [0.5, 0.6) is 0 Å². The molecule has 1 aliphatic heterocycles. The molecule has 2 aromatic rings. The SMILES string of the molecule is CCOC(=O)C1=C(COC(=O)c2cc3c(s2)CCC3)NC(=O)N[C@@H]1c1cccs1. The minimum absolute atomic E-state index is 0.196. The summed E-state index contributed by atoms with van der Waals surface area (Å²) in [5.74, 6) is -1.01. The molecule has 0 bridgehead atoms. The summed E-state index contributed by atoms with van der Waals surface area (Å²) >= 11 is 2.87. The second kappa shape index (κ2) is 8.38. The number of amides is 2. The van der Waals surface area contributed by atoms with Gasteiger partial charge in [0.1, 0.15) is 11.5 Å². The summed E-state index contributed by atoms with van der Waals surface area (Å²) in [5, 5.41) is 7.21. The lowest BCUT2D eigenvalue weighted by Crippen LogP contribution is -2.46. The first kappa shape index (κ1) is 19.7. The van der Waals surface area contributed by atoms with Crippen LogP contribution in [0.3, 0.4) is 0 Å². The highest BCUT2D eigenvalue weighted by molar-refractivity contribution is 7.14. The van der Waals surface area contributed by atoms with Crippen molar-refractivity contribution in [3.8, 4) is 0 Å². The van der Waals surface area contributed by atoms with Crippen LogP contribution in [0.4, 0.5) is 4.79 Å². The molecular weight excluding hydrogens is 412 g/mol. The van der Waals surface area contributed by atoms with E-state index in [-0.39, 0.29) is 24.5 Å². The van der Waals surface area contributed by atoms with E-state index in [4.69, 9.17) is 9.47 Å². The van der Waals surface area contributed by atoms with E-state index >= 15 is 0 Å². The molecule has 3 heterocycles. The normalized spacial score (nSPS) is 18.1. The molecule has 7 nitrogen and oxygen atoms in total. The number of hydrogen-bond acceptors (Lipinski definition) is 7. The Balaban J connectivity index is 1.58. The number of ether oxygens (including phenoxy) is 2. The van der Waals surface area contributed by atoms with Gasteiger partial charge in [0.25, 0.3) is 0 Å². The summed E-state index contributed by atoms with van der Waals surface area (Å²) in [7, 11) is 0. The highest BCUT2D eigenvalue weighted by Gasteiger charge is 2.35. The Morgan fingerprint density at radius 3 is 2.83 bits per heavy atom. The summed E-state index contributed by atoms with van der Waals surface area (Å²) in [5.41, 5.74) is 1.69. The van der Waals surface area contributed by atoms with E-state index in [1.165, 1.54) is 33.1 Å². The monoisotopic (exact) mass is 432 g/mol. The second-order valence-corrected chi connectivity index (χ2v) is 8.76. The first-order chi connectivity index (χ1) is 14.1. The van der Waals surface area contributed by atoms with Gasteiger partial charge in [-0.15, -0.1) is 22.7 Å². The zero-order chi connectivity index (χ0) is 20.4. The molecule has 0 fully saturated rings. The maximum atomic E-state index is 12.6. The Labute approximate surface area is 175 Å². The van der Waals surface area contributed by atoms with Gasteiger partial charge in [0.15, 0.2) is 0 Å². The highest BCUT2D eigenvalue weighted by Crippen LogP contribution is 2.32. The lowest BCUT2D eigenvalue weighted by molar-refractivity contribution is -0.139. The fourth-order valence-electron chi connectivity index (χ4n) is 3.49. The summed E-state index contributed by atoms with van der Waals surface area (Å²) in [6, 6.07) is 4.44. The van der Waals surface area contributed by atoms with Gasteiger partial charge in [-0.1, -0.05) is 6.07 Å². The molecule has 1 aliphatic carbocycles. The summed E-state index contributed by atoms with van der Waals surface area (Å²) in [4.78, 5) is 39.9. The minimum atomic E-state index is -0.651. The number of aryl methyl sites for hydroxylation is 2. The largest absolute Gasteiger partial charge is 0.463 e. The quantitative estimate of drug-likeness (QED) is 0.683. The molecule has 0 spiro atoms. The molecule has 0 radical (unpaired) electrons. The number of carbonyl (C=O) groups is 3. The van der Waals surface area contributed by atoms with Crippen molar-refractivity contribution >= 4 is 40.6 Å². The van der Waals surface area contributed by atoms with Gasteiger partial charge in [-0.05, 0) is 49.3 Å². The molecular formula is C20H20N2O5S2. The number of carbonyl (C=O) groups excluding carboxylic acids is 3. The van der Waals surface area contributed by atoms with Crippen molar-refractivity contribution in [2.45, 2.75) is 32.2 Å². The summed E-state index contributed by atoms with van der Waals surface area (Å²) < 4.78 is 10.6. The number of hydrogen-bond donors (Lipinski definition) is 2. The number of rotatable bonds is 6. The Hall–Kier alpha value is -2.65. The van der Waals surface area contributed by atoms with E-state index in [0.717, 1.165) is 24.1 Å². The van der Waals surface area contributed by atoms with Crippen LogP contribution >= 0.6 is 22.7 Å². The molecule has 2 N–H and O–H groups in total. The molecule has 2 amide bonds. The Bertz CT molecular complexity index is 956. The average molecular weight is 433 g/mol. The third-order valence-electron chi connectivity index (χ3n) is 4.77. The fourth-order valence-corrected chi connectivity index (χ4v) is 5.42. The van der Waals surface area contributed by atoms with Crippen LogP contribution in [0.1, 0.15) is 44.4 Å². The predicted molar refractivity (Wildman–Crippen MR) is 109 cm³/mol. The maximum Gasteiger partial charge on any atom is 0.348 e. The first-order valence-corrected chi connectivity index (χ1v) is 11.1. The summed E-state index contributed by atoms with van der Waals surface area (Å²) in [6.07, 6.45) is 3.10. The lowest BCUT2D eigenvalue weighted by atomic mass is 10.0. The number of fused-ring (bicyclic) bond motifs is 1. The van der Waals surface area contributed by atoms with Gasteiger partial charge in [-0.25, -0.2) is 14.4 Å². The third-order valence-corrected chi connectivity index (χ3v) is 6.93. The van der Waals surface area contributed by atoms with Crippen LogP contribution < -0.4 is 10.6 Å². The second-order valence-electron chi connectivity index (χ2n) is 6.65. The van der Waals surface area contributed by atoms with Crippen molar-refractivity contribution in [3.63, 3.8) is 0 Å². The molecule has 9 heteroatoms. The fraction of sp³-hybridized carbons (Fsp3) is 0.350. The number of thiophene rings is 2. The van der Waals surface area contributed by atoms with Gasteiger partial charge in [0.05, 0.1) is 23.9 Å². The van der Waals surface area contributed by atoms with Gasteiger partial charge in [-0.2, -0.15) is 0 Å². The van der Waals surface area contributed by atoms with Crippen LogP contribution in [0.2, 0.25) is 0 Å². The molecule has 0 aromatic carbocycles. The van der Waals surface area contributed by atoms with E-state index < -0.39 is 24.0 Å². The van der Waals surface area contributed by atoms with Gasteiger partial charge in [-0.3, -0.25) is 0 Å². The van der Waals surface area contributed by atoms with Crippen molar-refractivity contribution < 1.29 is 23.9 Å². The minimum Gasteiger partial charge on any atom is -0.463 e. The first-order valence-electron chi connectivity index (χ1n) is 9.36. The molecule has 29 heavy (non-hydrogen) atoms. The van der Waals surface area contributed by atoms with Gasteiger partial charge in [0.2, 0.25) is 0 Å². The van der Waals surface area contributed by atoms with E-state index in [9.17, 15) is 14.4 Å². The standard InChI is InChI=1S/C20H20N2O5S2/c1-2-26-19(24)16-12(21-20(25)22-17(16)14-7-4-8-28-14)10-27-18(23)15-9-11-5-3-6-13(11)29-15/h4,7-9,17H,2-3,5-6,10H2,1H3,(H2,21,22,25)/t17-/m1/s1. The van der Waals surface area contributed by atoms with E-state index in [1.54, 1.807) is 6.92 Å². The molecule has 152 valence electrons. The van der Waals surface area contributed by atoms with Crippen LogP contribution in [-0.2, 0) is 27.1 Å². The molecule has 2 aromatic heterocycles. The van der Waals surface area contributed by atoms with Gasteiger partial charge in [0, 0.05) is 9.75 Å². The Morgan fingerprint density at radius 1 is 1.24 bits per heavy atom. The highest BCUT2D eigenvalue weighted by atomic mass is 32.1. The van der Waals surface area contributed by atoms with Crippen molar-refractivity contribution in [1.29, 1.82) is 0 Å². The third kappa shape index (κ3) is 4.06. The predicted octanol–water partition coefficient (Wildman–Crippen LogP) is 3.33. The molecule has 1 atom stereocenters. The van der Waals surface area contributed by atoms with E-state index in [1.807, 2.05) is 23.6 Å². The zero-order valence-corrected chi connectivity index (χ0v) is 17.4. The topological polar surface area (TPSA) is 93.7 Å². The van der Waals surface area contributed by atoms with Crippen molar-refractivity contribution in [1.82, 2.24) is 10.6 Å². The van der Waals surface area contributed by atoms with E-state index in [2.05, 4.69) is 10.6 Å². The lowest BCUT2D eigenvalue weighted by Gasteiger charge is -2.28. The average Bonchev–Trinajstić information content (AvgIpc) is 3.42. The van der Waals surface area contributed by atoms with Crippen molar-refractivity contribution in [2.75, 3.05) is 13.2 Å². The Morgan fingerprint density at radius 2 is 2.10 bits per heavy atom. The number of urea groups is 1.